The molecule has 1 aliphatic heterocycles. The van der Waals surface area contributed by atoms with Gasteiger partial charge in [-0.1, -0.05) is 24.3 Å². The minimum atomic E-state index is -0.609. The van der Waals surface area contributed by atoms with Crippen molar-refractivity contribution in [1.82, 2.24) is 10.6 Å². The van der Waals surface area contributed by atoms with E-state index in [1.807, 2.05) is 6.07 Å². The van der Waals surface area contributed by atoms with Gasteiger partial charge in [0, 0.05) is 12.0 Å². The summed E-state index contributed by atoms with van der Waals surface area (Å²) in [6.07, 6.45) is 2.39. The normalized spacial score (nSPS) is 25.1. The van der Waals surface area contributed by atoms with Crippen molar-refractivity contribution in [3.63, 3.8) is 0 Å². The van der Waals surface area contributed by atoms with Crippen LogP contribution in [0.3, 0.4) is 0 Å². The van der Waals surface area contributed by atoms with Crippen molar-refractivity contribution >= 4 is 11.9 Å². The summed E-state index contributed by atoms with van der Waals surface area (Å²) in [7, 11) is 0. The Balaban J connectivity index is 1.88. The lowest BCUT2D eigenvalue weighted by Gasteiger charge is -2.29. The van der Waals surface area contributed by atoms with E-state index >= 15 is 0 Å². The van der Waals surface area contributed by atoms with Gasteiger partial charge in [-0.25, -0.2) is 4.99 Å². The van der Waals surface area contributed by atoms with E-state index in [9.17, 15) is 4.79 Å². The molecule has 3 rings (SSSR count). The van der Waals surface area contributed by atoms with Crippen LogP contribution in [0, 0.1) is 0 Å². The van der Waals surface area contributed by atoms with Gasteiger partial charge in [-0.2, -0.15) is 0 Å². The van der Waals surface area contributed by atoms with Crippen molar-refractivity contribution in [2.24, 2.45) is 4.99 Å². The number of carbonyl (C=O) groups excluding carboxylic acids is 1. The van der Waals surface area contributed by atoms with Crippen LogP contribution in [0.1, 0.15) is 38.3 Å². The molecule has 2 N–H and O–H groups in total. The molecule has 1 aliphatic carbocycles. The maximum Gasteiger partial charge on any atom is 0.255 e. The molecule has 1 spiro atoms. The zero-order valence-corrected chi connectivity index (χ0v) is 12.3. The van der Waals surface area contributed by atoms with E-state index < -0.39 is 5.54 Å². The molecule has 1 aromatic rings. The lowest BCUT2D eigenvalue weighted by molar-refractivity contribution is -0.124. The highest BCUT2D eigenvalue weighted by atomic mass is 16.2. The van der Waals surface area contributed by atoms with E-state index in [1.54, 1.807) is 0 Å². The summed E-state index contributed by atoms with van der Waals surface area (Å²) in [4.78, 5) is 17.1. The largest absolute Gasteiger partial charge is 0.351 e. The molecule has 20 heavy (non-hydrogen) atoms. The van der Waals surface area contributed by atoms with Crippen molar-refractivity contribution in [2.75, 3.05) is 0 Å². The number of aliphatic imine (C=N–C) groups is 1. The molecule has 0 saturated carbocycles. The number of benzene rings is 1. The fourth-order valence-electron chi connectivity index (χ4n) is 2.94. The van der Waals surface area contributed by atoms with Crippen LogP contribution in [0.25, 0.3) is 0 Å². The molecule has 0 aromatic heterocycles. The number of guanidine groups is 1. The number of hydrogen-bond acceptors (Lipinski definition) is 3. The minimum Gasteiger partial charge on any atom is -0.351 e. The van der Waals surface area contributed by atoms with Gasteiger partial charge in [0.15, 0.2) is 5.96 Å². The van der Waals surface area contributed by atoms with E-state index in [0.29, 0.717) is 12.4 Å². The molecule has 0 fully saturated rings. The topological polar surface area (TPSA) is 53.5 Å². The van der Waals surface area contributed by atoms with Crippen molar-refractivity contribution in [3.05, 3.63) is 35.4 Å². The average Bonchev–Trinajstić information content (AvgIpc) is 2.63. The van der Waals surface area contributed by atoms with Crippen LogP contribution in [-0.4, -0.2) is 22.9 Å². The molecule has 106 valence electrons. The number of nitrogens with one attached hydrogen (secondary N) is 2. The predicted molar refractivity (Wildman–Crippen MR) is 79.7 cm³/mol. The van der Waals surface area contributed by atoms with Crippen LogP contribution >= 0.6 is 0 Å². The van der Waals surface area contributed by atoms with Gasteiger partial charge in [-0.15, -0.1) is 0 Å². The number of carbonyl (C=O) groups is 1. The second kappa shape index (κ2) is 4.33. The Morgan fingerprint density at radius 2 is 1.95 bits per heavy atom. The fourth-order valence-corrected chi connectivity index (χ4v) is 2.94. The Morgan fingerprint density at radius 3 is 2.65 bits per heavy atom. The number of fused-ring (bicyclic) bond motifs is 1. The first kappa shape index (κ1) is 13.2. The monoisotopic (exact) mass is 271 g/mol. The SMILES string of the molecule is CC(C)(C)NC1=NC2(CCc3ccccc3C2)C(=O)N1. The number of hydrogen-bond donors (Lipinski definition) is 2. The zero-order chi connectivity index (χ0) is 14.4. The van der Waals surface area contributed by atoms with Crippen molar-refractivity contribution < 1.29 is 4.79 Å². The van der Waals surface area contributed by atoms with E-state index in [2.05, 4.69) is 54.6 Å². The average molecular weight is 271 g/mol. The van der Waals surface area contributed by atoms with Gasteiger partial charge in [0.1, 0.15) is 5.54 Å². The van der Waals surface area contributed by atoms with E-state index in [4.69, 9.17) is 0 Å². The van der Waals surface area contributed by atoms with Crippen LogP contribution in [0.15, 0.2) is 29.3 Å². The molecule has 0 bridgehead atoms. The molecule has 1 amide bonds. The first-order valence-electron chi connectivity index (χ1n) is 7.14. The summed E-state index contributed by atoms with van der Waals surface area (Å²) >= 11 is 0. The van der Waals surface area contributed by atoms with Crippen molar-refractivity contribution in [3.8, 4) is 0 Å². The molecule has 1 heterocycles. The van der Waals surface area contributed by atoms with Crippen LogP contribution in [0.2, 0.25) is 0 Å². The van der Waals surface area contributed by atoms with Gasteiger partial charge >= 0.3 is 0 Å². The highest BCUT2D eigenvalue weighted by molar-refractivity contribution is 6.07. The Bertz CT molecular complexity index is 586. The maximum atomic E-state index is 12.4. The summed E-state index contributed by atoms with van der Waals surface area (Å²) in [5.41, 5.74) is 1.87. The summed E-state index contributed by atoms with van der Waals surface area (Å²) in [6.45, 7) is 6.18. The van der Waals surface area contributed by atoms with Crippen molar-refractivity contribution in [2.45, 2.75) is 51.1 Å². The van der Waals surface area contributed by atoms with Crippen LogP contribution in [0.4, 0.5) is 0 Å². The molecule has 1 unspecified atom stereocenters. The third kappa shape index (κ3) is 2.30. The van der Waals surface area contributed by atoms with E-state index in [-0.39, 0.29) is 11.4 Å². The summed E-state index contributed by atoms with van der Waals surface area (Å²) in [5.74, 6) is 0.639. The quantitative estimate of drug-likeness (QED) is 0.756. The molecule has 1 atom stereocenters. The molecular formula is C16H21N3O. The Morgan fingerprint density at radius 1 is 1.25 bits per heavy atom. The smallest absolute Gasteiger partial charge is 0.255 e. The standard InChI is InChI=1S/C16H21N3O/c1-15(2,3)18-14-17-13(20)16(19-14)9-8-11-6-4-5-7-12(11)10-16/h4-7H,8-10H2,1-3H3,(H2,17,18,19,20). The van der Waals surface area contributed by atoms with Gasteiger partial charge in [0.25, 0.3) is 5.91 Å². The molecule has 4 nitrogen and oxygen atoms in total. The Hall–Kier alpha value is -1.84. The van der Waals surface area contributed by atoms with E-state index in [0.717, 1.165) is 12.8 Å². The first-order chi connectivity index (χ1) is 9.38. The molecule has 4 heteroatoms. The van der Waals surface area contributed by atoms with Crippen LogP contribution in [-0.2, 0) is 17.6 Å². The summed E-state index contributed by atoms with van der Waals surface area (Å²) in [5, 5.41) is 6.16. The van der Waals surface area contributed by atoms with Gasteiger partial charge in [-0.05, 0) is 44.7 Å². The summed E-state index contributed by atoms with van der Waals surface area (Å²) < 4.78 is 0. The third-order valence-corrected chi connectivity index (χ3v) is 3.88. The molecular weight excluding hydrogens is 250 g/mol. The number of aryl methyl sites for hydroxylation is 1. The van der Waals surface area contributed by atoms with Crippen molar-refractivity contribution in [1.29, 1.82) is 0 Å². The van der Waals surface area contributed by atoms with Gasteiger partial charge in [0.05, 0.1) is 0 Å². The second-order valence-electron chi connectivity index (χ2n) is 6.77. The molecule has 0 radical (unpaired) electrons. The maximum absolute atomic E-state index is 12.4. The van der Waals surface area contributed by atoms with Crippen LogP contribution in [0.5, 0.6) is 0 Å². The second-order valence-corrected chi connectivity index (χ2v) is 6.77. The third-order valence-electron chi connectivity index (χ3n) is 3.88. The lowest BCUT2D eigenvalue weighted by atomic mass is 9.78. The zero-order valence-electron chi connectivity index (χ0n) is 12.3. The first-order valence-corrected chi connectivity index (χ1v) is 7.14. The van der Waals surface area contributed by atoms with Crippen LogP contribution < -0.4 is 10.6 Å². The highest BCUT2D eigenvalue weighted by Crippen LogP contribution is 2.34. The van der Waals surface area contributed by atoms with Gasteiger partial charge < -0.3 is 5.32 Å². The highest BCUT2D eigenvalue weighted by Gasteiger charge is 2.46. The fraction of sp³-hybridized carbons (Fsp3) is 0.500. The summed E-state index contributed by atoms with van der Waals surface area (Å²) in [6, 6.07) is 8.34. The number of nitrogens with zero attached hydrogens (tertiary/aromatic N) is 1. The lowest BCUT2D eigenvalue weighted by Crippen LogP contribution is -2.48. The molecule has 1 aromatic carbocycles. The van der Waals surface area contributed by atoms with Gasteiger partial charge in [-0.3, -0.25) is 10.1 Å². The predicted octanol–water partition coefficient (Wildman–Crippen LogP) is 1.79. The number of amides is 1. The Kier molecular flexibility index (Phi) is 2.85. The van der Waals surface area contributed by atoms with Gasteiger partial charge in [0.2, 0.25) is 0 Å². The molecule has 2 aliphatic rings. The van der Waals surface area contributed by atoms with E-state index in [1.165, 1.54) is 11.1 Å². The Labute approximate surface area is 119 Å². The number of rotatable bonds is 0. The minimum absolute atomic E-state index is 0.0266. The molecule has 0 saturated heterocycles.